The Morgan fingerprint density at radius 2 is 0.549 bits per heavy atom. The van der Waals surface area contributed by atoms with Gasteiger partial charge in [-0.15, -0.1) is 0 Å². The molecule has 0 bridgehead atoms. The van der Waals surface area contributed by atoms with E-state index in [-0.39, 0.29) is 37.5 Å². The van der Waals surface area contributed by atoms with Crippen molar-refractivity contribution in [3.63, 3.8) is 0 Å². The molecule has 0 aromatic carbocycles. The minimum atomic E-state index is -0.811. The van der Waals surface area contributed by atoms with Crippen LogP contribution in [-0.4, -0.2) is 37.2 Å². The summed E-state index contributed by atoms with van der Waals surface area (Å²) in [5.41, 5.74) is 0. The lowest BCUT2D eigenvalue weighted by molar-refractivity contribution is -0.167. The lowest BCUT2D eigenvalue weighted by Crippen LogP contribution is -2.30. The quantitative estimate of drug-likeness (QED) is 0.0261. The molecular weight excluding hydrogens is 877 g/mol. The van der Waals surface area contributed by atoms with Gasteiger partial charge >= 0.3 is 17.9 Å². The maximum absolute atomic E-state index is 12.9. The van der Waals surface area contributed by atoms with Gasteiger partial charge in [0.2, 0.25) is 0 Å². The van der Waals surface area contributed by atoms with Crippen molar-refractivity contribution in [2.24, 2.45) is 0 Å². The highest BCUT2D eigenvalue weighted by Gasteiger charge is 2.19. The van der Waals surface area contributed by atoms with Gasteiger partial charge in [0.15, 0.2) is 6.10 Å². The molecule has 0 heterocycles. The van der Waals surface area contributed by atoms with E-state index in [4.69, 9.17) is 14.2 Å². The van der Waals surface area contributed by atoms with Gasteiger partial charge in [0.1, 0.15) is 13.2 Å². The Balaban J connectivity index is 4.47. The van der Waals surface area contributed by atoms with Gasteiger partial charge in [-0.05, 0) is 103 Å². The van der Waals surface area contributed by atoms with Crippen LogP contribution in [0.4, 0.5) is 0 Å². The van der Waals surface area contributed by atoms with E-state index in [9.17, 15) is 14.4 Å². The minimum absolute atomic E-state index is 0.102. The fourth-order valence-corrected chi connectivity index (χ4v) is 8.12. The van der Waals surface area contributed by atoms with Crippen molar-refractivity contribution in [2.45, 2.75) is 284 Å². The summed E-state index contributed by atoms with van der Waals surface area (Å²) < 4.78 is 16.8. The molecule has 1 atom stereocenters. The predicted molar refractivity (Wildman–Crippen MR) is 307 cm³/mol. The average Bonchev–Trinajstić information content (AvgIpc) is 3.37. The Kier molecular flexibility index (Phi) is 55.9. The third-order valence-electron chi connectivity index (χ3n) is 12.6. The molecule has 0 spiro atoms. The highest BCUT2D eigenvalue weighted by atomic mass is 16.6. The molecule has 0 radical (unpaired) electrons. The third kappa shape index (κ3) is 57.1. The maximum Gasteiger partial charge on any atom is 0.306 e. The number of carbonyl (C=O) groups excluding carboxylic acids is 3. The second-order valence-corrected chi connectivity index (χ2v) is 19.5. The SMILES string of the molecule is CC/C=C\C/C=C\C/C=C\C/C=C\C/C=C\CCCCCC(=O)O[C@H](COC(=O)CCCC/C=C\C/C=C\C/C=C\CCCCC)COC(=O)CCCCCCCCCCCCCCCCCCCCC. The van der Waals surface area contributed by atoms with Crippen LogP contribution in [0.5, 0.6) is 0 Å². The molecule has 0 unspecified atom stereocenters. The van der Waals surface area contributed by atoms with Gasteiger partial charge in [-0.2, -0.15) is 0 Å². The lowest BCUT2D eigenvalue weighted by atomic mass is 10.0. The van der Waals surface area contributed by atoms with E-state index < -0.39 is 6.10 Å². The first-order valence-electron chi connectivity index (χ1n) is 29.7. The maximum atomic E-state index is 12.9. The van der Waals surface area contributed by atoms with Crippen molar-refractivity contribution >= 4 is 17.9 Å². The highest BCUT2D eigenvalue weighted by molar-refractivity contribution is 5.71. The molecule has 0 saturated heterocycles. The molecule has 0 N–H and O–H groups in total. The third-order valence-corrected chi connectivity index (χ3v) is 12.6. The lowest BCUT2D eigenvalue weighted by Gasteiger charge is -2.18. The minimum Gasteiger partial charge on any atom is -0.462 e. The van der Waals surface area contributed by atoms with E-state index in [2.05, 4.69) is 118 Å². The van der Waals surface area contributed by atoms with Gasteiger partial charge in [0.25, 0.3) is 0 Å². The van der Waals surface area contributed by atoms with Crippen LogP contribution < -0.4 is 0 Å². The summed E-state index contributed by atoms with van der Waals surface area (Å²) in [5.74, 6) is -0.968. The summed E-state index contributed by atoms with van der Waals surface area (Å²) in [6.07, 6.45) is 78.3. The topological polar surface area (TPSA) is 78.9 Å². The van der Waals surface area contributed by atoms with Gasteiger partial charge in [0.05, 0.1) is 0 Å². The largest absolute Gasteiger partial charge is 0.462 e. The van der Waals surface area contributed by atoms with Gasteiger partial charge < -0.3 is 14.2 Å². The molecule has 0 rings (SSSR count). The second kappa shape index (κ2) is 58.9. The zero-order valence-electron chi connectivity index (χ0n) is 46.5. The molecule has 0 fully saturated rings. The highest BCUT2D eigenvalue weighted by Crippen LogP contribution is 2.16. The molecule has 0 aliphatic rings. The van der Waals surface area contributed by atoms with Crippen molar-refractivity contribution in [2.75, 3.05) is 13.2 Å². The second-order valence-electron chi connectivity index (χ2n) is 19.5. The van der Waals surface area contributed by atoms with E-state index in [1.54, 1.807) is 0 Å². The van der Waals surface area contributed by atoms with Crippen molar-refractivity contribution in [1.82, 2.24) is 0 Å². The van der Waals surface area contributed by atoms with Crippen LogP contribution in [0.15, 0.2) is 97.2 Å². The van der Waals surface area contributed by atoms with Crippen molar-refractivity contribution in [1.29, 1.82) is 0 Å². The summed E-state index contributed by atoms with van der Waals surface area (Å²) >= 11 is 0. The number of allylic oxidation sites excluding steroid dienone is 16. The van der Waals surface area contributed by atoms with Crippen LogP contribution in [0.1, 0.15) is 278 Å². The fraction of sp³-hybridized carbons (Fsp3) is 0.708. The fourth-order valence-electron chi connectivity index (χ4n) is 8.12. The average molecular weight is 988 g/mol. The molecule has 406 valence electrons. The Morgan fingerprint density at radius 1 is 0.296 bits per heavy atom. The van der Waals surface area contributed by atoms with Gasteiger partial charge in [0, 0.05) is 19.3 Å². The smallest absolute Gasteiger partial charge is 0.306 e. The van der Waals surface area contributed by atoms with Crippen LogP contribution >= 0.6 is 0 Å². The Bertz CT molecular complexity index is 1410. The Morgan fingerprint density at radius 3 is 0.915 bits per heavy atom. The molecule has 71 heavy (non-hydrogen) atoms. The zero-order valence-corrected chi connectivity index (χ0v) is 46.5. The molecule has 0 saturated carbocycles. The molecule has 6 heteroatoms. The number of esters is 3. The van der Waals surface area contributed by atoms with Crippen LogP contribution in [0.3, 0.4) is 0 Å². The van der Waals surface area contributed by atoms with Crippen LogP contribution in [0.2, 0.25) is 0 Å². The first-order valence-corrected chi connectivity index (χ1v) is 29.7. The van der Waals surface area contributed by atoms with Gasteiger partial charge in [-0.3, -0.25) is 14.4 Å². The van der Waals surface area contributed by atoms with E-state index in [0.29, 0.717) is 12.8 Å². The zero-order chi connectivity index (χ0) is 51.4. The molecule has 0 aliphatic heterocycles. The summed E-state index contributed by atoms with van der Waals surface area (Å²) in [6.45, 7) is 6.46. The van der Waals surface area contributed by atoms with Gasteiger partial charge in [-0.25, -0.2) is 0 Å². The monoisotopic (exact) mass is 987 g/mol. The first-order chi connectivity index (χ1) is 35.0. The predicted octanol–water partition coefficient (Wildman–Crippen LogP) is 20.1. The van der Waals surface area contributed by atoms with Crippen LogP contribution in [0.25, 0.3) is 0 Å². The molecular formula is C65H110O6. The summed E-state index contributed by atoms with van der Waals surface area (Å²) in [6, 6.07) is 0. The van der Waals surface area contributed by atoms with E-state index in [1.165, 1.54) is 128 Å². The number of hydrogen-bond donors (Lipinski definition) is 0. The number of hydrogen-bond acceptors (Lipinski definition) is 6. The van der Waals surface area contributed by atoms with E-state index >= 15 is 0 Å². The number of ether oxygens (including phenoxy) is 3. The summed E-state index contributed by atoms with van der Waals surface area (Å²) in [4.78, 5) is 38.2. The molecule has 0 amide bonds. The number of rotatable bonds is 53. The van der Waals surface area contributed by atoms with Crippen molar-refractivity contribution < 1.29 is 28.6 Å². The molecule has 0 aliphatic carbocycles. The Hall–Kier alpha value is -3.67. The summed E-state index contributed by atoms with van der Waals surface area (Å²) in [7, 11) is 0. The van der Waals surface area contributed by atoms with Crippen LogP contribution in [-0.2, 0) is 28.6 Å². The van der Waals surface area contributed by atoms with E-state index in [0.717, 1.165) is 109 Å². The van der Waals surface area contributed by atoms with Crippen molar-refractivity contribution in [3.8, 4) is 0 Å². The molecule has 0 aromatic rings. The summed E-state index contributed by atoms with van der Waals surface area (Å²) in [5, 5.41) is 0. The van der Waals surface area contributed by atoms with Gasteiger partial charge in [-0.1, -0.05) is 253 Å². The van der Waals surface area contributed by atoms with Crippen molar-refractivity contribution in [3.05, 3.63) is 97.2 Å². The molecule has 0 aromatic heterocycles. The van der Waals surface area contributed by atoms with Crippen LogP contribution in [0, 0.1) is 0 Å². The number of carbonyl (C=O) groups is 3. The Labute approximate surface area is 438 Å². The standard InChI is InChI=1S/C65H110O6/c1-4-7-10-13-16-19-22-25-28-30-32-34-37-40-43-46-49-52-55-58-64(67)70-61-62(60-69-63(66)57-54-51-48-45-42-39-36-27-24-21-18-15-12-9-6-3)71-65(68)59-56-53-50-47-44-41-38-35-33-31-29-26-23-20-17-14-11-8-5-2/h8,11,17-18,20-21,26-27,29,33,35-36,41-42,44-45,62H,4-7,9-10,12-16,19,22-25,28,30-32,34,37-40,43,46-61H2,1-3H3/b11-8-,20-17-,21-18-,29-26-,35-33-,36-27-,44-41-,45-42-/t62-/m1/s1. The van der Waals surface area contributed by atoms with E-state index in [1.807, 2.05) is 0 Å². The number of unbranched alkanes of at least 4 members (excludes halogenated alkanes) is 26. The normalized spacial score (nSPS) is 12.8. The molecule has 6 nitrogen and oxygen atoms in total. The first kappa shape index (κ1) is 67.3.